The average molecular weight is 380 g/mol. The van der Waals surface area contributed by atoms with Crippen molar-refractivity contribution >= 4 is 29.2 Å². The Bertz CT molecular complexity index is 648. The monoisotopic (exact) mass is 380 g/mol. The van der Waals surface area contributed by atoms with E-state index < -0.39 is 23.8 Å². The van der Waals surface area contributed by atoms with E-state index >= 15 is 0 Å². The fourth-order valence-electron chi connectivity index (χ4n) is 2.07. The minimum atomic E-state index is -4.00. The molecule has 0 saturated carbocycles. The molecule has 132 valence electrons. The van der Waals surface area contributed by atoms with Crippen molar-refractivity contribution in [3.8, 4) is 0 Å². The lowest BCUT2D eigenvalue weighted by Gasteiger charge is -2.20. The zero-order chi connectivity index (χ0) is 17.7. The van der Waals surface area contributed by atoms with Crippen molar-refractivity contribution in [2.24, 2.45) is 0 Å². The van der Waals surface area contributed by atoms with Crippen molar-refractivity contribution in [3.05, 3.63) is 23.8 Å². The summed E-state index contributed by atoms with van der Waals surface area (Å²) in [6.07, 6.45) is 1.92. The van der Waals surface area contributed by atoms with Gasteiger partial charge in [-0.05, 0) is 38.2 Å². The van der Waals surface area contributed by atoms with Crippen molar-refractivity contribution in [1.82, 2.24) is 0 Å². The SMILES string of the molecule is CCc1cccc(SC)c1S(=O)(=O)OCP(=O)(CC)OC(C)C. The smallest absolute Gasteiger partial charge is 0.298 e. The van der Waals surface area contributed by atoms with E-state index in [0.29, 0.717) is 16.9 Å². The summed E-state index contributed by atoms with van der Waals surface area (Å²) in [4.78, 5) is 0.794. The van der Waals surface area contributed by atoms with Gasteiger partial charge in [-0.2, -0.15) is 8.42 Å². The average Bonchev–Trinajstić information content (AvgIpc) is 2.51. The highest BCUT2D eigenvalue weighted by atomic mass is 32.2. The van der Waals surface area contributed by atoms with Gasteiger partial charge < -0.3 is 4.52 Å². The minimum Gasteiger partial charge on any atom is -0.324 e. The first-order chi connectivity index (χ1) is 10.7. The predicted molar refractivity (Wildman–Crippen MR) is 95.1 cm³/mol. The minimum absolute atomic E-state index is 0.169. The summed E-state index contributed by atoms with van der Waals surface area (Å²) >= 11 is 1.34. The van der Waals surface area contributed by atoms with E-state index in [2.05, 4.69) is 0 Å². The van der Waals surface area contributed by atoms with Crippen molar-refractivity contribution in [3.63, 3.8) is 0 Å². The van der Waals surface area contributed by atoms with Gasteiger partial charge >= 0.3 is 0 Å². The van der Waals surface area contributed by atoms with Gasteiger partial charge in [0.2, 0.25) is 7.37 Å². The zero-order valence-corrected chi connectivity index (χ0v) is 16.8. The molecule has 5 nitrogen and oxygen atoms in total. The Morgan fingerprint density at radius 2 is 1.91 bits per heavy atom. The number of benzene rings is 1. The normalized spacial score (nSPS) is 14.9. The second-order valence-corrected chi connectivity index (χ2v) is 10.4. The van der Waals surface area contributed by atoms with E-state index in [9.17, 15) is 13.0 Å². The third-order valence-electron chi connectivity index (χ3n) is 3.20. The quantitative estimate of drug-likeness (QED) is 0.360. The van der Waals surface area contributed by atoms with Crippen molar-refractivity contribution in [1.29, 1.82) is 0 Å². The molecule has 0 amide bonds. The van der Waals surface area contributed by atoms with Gasteiger partial charge in [0.1, 0.15) is 11.2 Å². The maximum absolute atomic E-state index is 12.6. The number of hydrogen-bond acceptors (Lipinski definition) is 6. The highest BCUT2D eigenvalue weighted by Gasteiger charge is 2.29. The maximum atomic E-state index is 12.6. The Labute approximate surface area is 143 Å². The van der Waals surface area contributed by atoms with Crippen LogP contribution in [-0.4, -0.2) is 33.3 Å². The van der Waals surface area contributed by atoms with Gasteiger partial charge in [-0.15, -0.1) is 11.8 Å². The first-order valence-electron chi connectivity index (χ1n) is 7.50. The number of aryl methyl sites for hydroxylation is 1. The van der Waals surface area contributed by atoms with Gasteiger partial charge in [0.25, 0.3) is 10.1 Å². The van der Waals surface area contributed by atoms with Gasteiger partial charge in [0.15, 0.2) is 0 Å². The van der Waals surface area contributed by atoms with Gasteiger partial charge in [-0.3, -0.25) is 8.75 Å². The second-order valence-electron chi connectivity index (χ2n) is 5.29. The Kier molecular flexibility index (Phi) is 7.81. The van der Waals surface area contributed by atoms with E-state index in [4.69, 9.17) is 8.71 Å². The summed E-state index contributed by atoms with van der Waals surface area (Å²) in [5.74, 6) is 0. The first kappa shape index (κ1) is 20.7. The van der Waals surface area contributed by atoms with Gasteiger partial charge in [0, 0.05) is 11.1 Å². The fraction of sp³-hybridized carbons (Fsp3) is 0.600. The van der Waals surface area contributed by atoms with Gasteiger partial charge in [0.05, 0.1) is 6.10 Å². The predicted octanol–water partition coefficient (Wildman–Crippen LogP) is 4.36. The van der Waals surface area contributed by atoms with Crippen molar-refractivity contribution in [2.75, 3.05) is 18.8 Å². The van der Waals surface area contributed by atoms with Crippen LogP contribution in [0.5, 0.6) is 0 Å². The van der Waals surface area contributed by atoms with Crippen LogP contribution >= 0.6 is 19.1 Å². The molecular formula is C15H25O5PS2. The Morgan fingerprint density at radius 1 is 1.26 bits per heavy atom. The molecule has 0 aliphatic heterocycles. The number of thioether (sulfide) groups is 1. The van der Waals surface area contributed by atoms with Crippen LogP contribution < -0.4 is 0 Å². The van der Waals surface area contributed by atoms with Gasteiger partial charge in [-0.25, -0.2) is 0 Å². The third-order valence-corrected chi connectivity index (χ3v) is 7.99. The molecule has 0 aromatic heterocycles. The third kappa shape index (κ3) is 5.61. The molecule has 1 rings (SSSR count). The van der Waals surface area contributed by atoms with Crippen LogP contribution in [0.15, 0.2) is 28.0 Å². The molecule has 1 atom stereocenters. The molecule has 0 radical (unpaired) electrons. The molecule has 1 aromatic carbocycles. The molecule has 23 heavy (non-hydrogen) atoms. The highest BCUT2D eigenvalue weighted by molar-refractivity contribution is 7.99. The van der Waals surface area contributed by atoms with E-state index in [1.165, 1.54) is 11.8 Å². The summed E-state index contributed by atoms with van der Waals surface area (Å²) in [5.41, 5.74) is 0.688. The van der Waals surface area contributed by atoms with Crippen LogP contribution in [0.25, 0.3) is 0 Å². The number of hydrogen-bond donors (Lipinski definition) is 0. The standard InChI is InChI=1S/C15H25O5PS2/c1-6-13-9-8-10-14(22-5)15(13)23(17,18)19-11-21(16,7-2)20-12(3)4/h8-10,12H,6-7,11H2,1-5H3. The lowest BCUT2D eigenvalue weighted by atomic mass is 10.2. The van der Waals surface area contributed by atoms with E-state index in [1.54, 1.807) is 32.9 Å². The maximum Gasteiger partial charge on any atom is 0.298 e. The summed E-state index contributed by atoms with van der Waals surface area (Å²) in [7, 11) is -7.13. The molecule has 8 heteroatoms. The fourth-order valence-corrected chi connectivity index (χ4v) is 6.48. The van der Waals surface area contributed by atoms with Crippen LogP contribution in [0.2, 0.25) is 0 Å². The lowest BCUT2D eigenvalue weighted by Crippen LogP contribution is -2.14. The number of rotatable bonds is 9. The topological polar surface area (TPSA) is 69.7 Å². The summed E-state index contributed by atoms with van der Waals surface area (Å²) in [5, 5.41) is 0. The van der Waals surface area contributed by atoms with Crippen molar-refractivity contribution < 1.29 is 21.7 Å². The van der Waals surface area contributed by atoms with Crippen LogP contribution in [0.1, 0.15) is 33.3 Å². The summed E-state index contributed by atoms with van der Waals surface area (Å²) in [6, 6.07) is 5.33. The molecule has 0 spiro atoms. The van der Waals surface area contributed by atoms with Crippen LogP contribution in [0.4, 0.5) is 0 Å². The highest BCUT2D eigenvalue weighted by Crippen LogP contribution is 2.48. The first-order valence-corrected chi connectivity index (χ1v) is 12.1. The van der Waals surface area contributed by atoms with Crippen LogP contribution in [0.3, 0.4) is 0 Å². The summed E-state index contributed by atoms with van der Waals surface area (Å²) < 4.78 is 48.3. The van der Waals surface area contributed by atoms with Crippen LogP contribution in [0, 0.1) is 0 Å². The molecule has 0 N–H and O–H groups in total. The Morgan fingerprint density at radius 3 is 2.39 bits per heavy atom. The Hall–Kier alpha value is -0.330. The molecule has 0 fully saturated rings. The van der Waals surface area contributed by atoms with E-state index in [1.807, 2.05) is 19.2 Å². The van der Waals surface area contributed by atoms with E-state index in [0.717, 1.165) is 0 Å². The molecule has 0 aliphatic carbocycles. The summed E-state index contributed by atoms with van der Waals surface area (Å²) in [6.45, 7) is 7.10. The van der Waals surface area contributed by atoms with Crippen LogP contribution in [-0.2, 0) is 29.8 Å². The van der Waals surface area contributed by atoms with Crippen molar-refractivity contribution in [2.45, 2.75) is 50.0 Å². The molecule has 0 aliphatic rings. The van der Waals surface area contributed by atoms with Gasteiger partial charge in [-0.1, -0.05) is 26.0 Å². The molecular weight excluding hydrogens is 355 g/mol. The second kappa shape index (κ2) is 8.67. The largest absolute Gasteiger partial charge is 0.324 e. The molecule has 1 aromatic rings. The lowest BCUT2D eigenvalue weighted by molar-refractivity contribution is 0.228. The molecule has 1 unspecified atom stereocenters. The zero-order valence-electron chi connectivity index (χ0n) is 14.2. The molecule has 0 saturated heterocycles. The Balaban J connectivity index is 3.12. The molecule has 0 bridgehead atoms. The van der Waals surface area contributed by atoms with E-state index in [-0.39, 0.29) is 17.2 Å². The molecule has 0 heterocycles.